The molecule has 0 aliphatic carbocycles. The molecule has 0 heterocycles. The first-order chi connectivity index (χ1) is 9.12. The summed E-state index contributed by atoms with van der Waals surface area (Å²) in [6.07, 6.45) is 2.23. The molecule has 0 aliphatic heterocycles. The zero-order chi connectivity index (χ0) is 14.3. The van der Waals surface area contributed by atoms with Crippen LogP contribution < -0.4 is 15.2 Å². The Morgan fingerprint density at radius 2 is 1.89 bits per heavy atom. The molecule has 19 heavy (non-hydrogen) atoms. The summed E-state index contributed by atoms with van der Waals surface area (Å²) in [5.74, 6) is 1.04. The Labute approximate surface area is 113 Å². The van der Waals surface area contributed by atoms with Crippen LogP contribution in [0.15, 0.2) is 18.2 Å². The summed E-state index contributed by atoms with van der Waals surface area (Å²) >= 11 is 0. The molecule has 0 bridgehead atoms. The summed E-state index contributed by atoms with van der Waals surface area (Å²) in [7, 11) is 4.55. The van der Waals surface area contributed by atoms with Gasteiger partial charge in [0.2, 0.25) is 0 Å². The first-order valence-corrected chi connectivity index (χ1v) is 6.16. The summed E-state index contributed by atoms with van der Waals surface area (Å²) in [5.41, 5.74) is 6.79. The van der Waals surface area contributed by atoms with E-state index in [1.54, 1.807) is 14.2 Å². The molecule has 0 aromatic heterocycles. The van der Waals surface area contributed by atoms with Crippen LogP contribution in [0.2, 0.25) is 0 Å². The Morgan fingerprint density at radius 1 is 1.21 bits per heavy atom. The van der Waals surface area contributed by atoms with E-state index in [9.17, 15) is 4.79 Å². The quantitative estimate of drug-likeness (QED) is 0.758. The molecule has 5 heteroatoms. The van der Waals surface area contributed by atoms with Crippen molar-refractivity contribution in [2.75, 3.05) is 21.3 Å². The summed E-state index contributed by atoms with van der Waals surface area (Å²) < 4.78 is 15.0. The van der Waals surface area contributed by atoms with Crippen molar-refractivity contribution in [1.29, 1.82) is 0 Å². The molecule has 5 nitrogen and oxygen atoms in total. The lowest BCUT2D eigenvalue weighted by atomic mass is 10.0. The van der Waals surface area contributed by atoms with E-state index >= 15 is 0 Å². The van der Waals surface area contributed by atoms with Crippen molar-refractivity contribution in [3.63, 3.8) is 0 Å². The highest BCUT2D eigenvalue weighted by atomic mass is 16.5. The maximum atomic E-state index is 11.2. The smallest absolute Gasteiger partial charge is 0.322 e. The number of nitrogens with two attached hydrogens (primary N) is 1. The van der Waals surface area contributed by atoms with Gasteiger partial charge in [-0.3, -0.25) is 4.79 Å². The SMILES string of the molecule is COC(=O)C(N)CCCc1ccc(OC)c(OC)c1. The molecular weight excluding hydrogens is 246 g/mol. The van der Waals surface area contributed by atoms with Gasteiger partial charge >= 0.3 is 5.97 Å². The molecule has 1 rings (SSSR count). The van der Waals surface area contributed by atoms with Crippen LogP contribution in [-0.2, 0) is 16.0 Å². The van der Waals surface area contributed by atoms with Crippen LogP contribution in [0.25, 0.3) is 0 Å². The van der Waals surface area contributed by atoms with Gasteiger partial charge in [0.15, 0.2) is 11.5 Å². The minimum absolute atomic E-state index is 0.368. The molecule has 1 unspecified atom stereocenters. The third kappa shape index (κ3) is 4.44. The second kappa shape index (κ2) is 7.63. The molecule has 2 N–H and O–H groups in total. The molecule has 0 fully saturated rings. The molecule has 0 spiro atoms. The first-order valence-electron chi connectivity index (χ1n) is 6.16. The number of benzene rings is 1. The number of aryl methyl sites for hydroxylation is 1. The van der Waals surface area contributed by atoms with E-state index in [0.717, 1.165) is 18.4 Å². The van der Waals surface area contributed by atoms with Crippen molar-refractivity contribution in [2.45, 2.75) is 25.3 Å². The number of rotatable bonds is 7. The van der Waals surface area contributed by atoms with Crippen LogP contribution in [0.4, 0.5) is 0 Å². The number of ether oxygens (including phenoxy) is 3. The number of hydrogen-bond acceptors (Lipinski definition) is 5. The van der Waals surface area contributed by atoms with Crippen LogP contribution in [0.5, 0.6) is 11.5 Å². The summed E-state index contributed by atoms with van der Waals surface area (Å²) in [4.78, 5) is 11.2. The van der Waals surface area contributed by atoms with Crippen LogP contribution in [0.3, 0.4) is 0 Å². The fourth-order valence-electron chi connectivity index (χ4n) is 1.83. The van der Waals surface area contributed by atoms with Crippen LogP contribution in [0.1, 0.15) is 18.4 Å². The number of esters is 1. The van der Waals surface area contributed by atoms with Gasteiger partial charge in [-0.1, -0.05) is 6.07 Å². The Morgan fingerprint density at radius 3 is 2.47 bits per heavy atom. The fourth-order valence-corrected chi connectivity index (χ4v) is 1.83. The minimum atomic E-state index is -0.551. The van der Waals surface area contributed by atoms with Gasteiger partial charge < -0.3 is 19.9 Å². The molecule has 106 valence electrons. The van der Waals surface area contributed by atoms with Gasteiger partial charge in [0, 0.05) is 0 Å². The molecular formula is C14H21NO4. The topological polar surface area (TPSA) is 70.8 Å². The Kier molecular flexibility index (Phi) is 6.15. The maximum Gasteiger partial charge on any atom is 0.322 e. The second-order valence-corrected chi connectivity index (χ2v) is 4.21. The van der Waals surface area contributed by atoms with Gasteiger partial charge in [-0.05, 0) is 37.0 Å². The van der Waals surface area contributed by atoms with E-state index in [1.165, 1.54) is 7.11 Å². The highest BCUT2D eigenvalue weighted by Gasteiger charge is 2.13. The highest BCUT2D eigenvalue weighted by molar-refractivity contribution is 5.75. The average Bonchev–Trinajstić information content (AvgIpc) is 2.45. The lowest BCUT2D eigenvalue weighted by molar-refractivity contribution is -0.142. The van der Waals surface area contributed by atoms with Crippen molar-refractivity contribution in [3.05, 3.63) is 23.8 Å². The van der Waals surface area contributed by atoms with Gasteiger partial charge in [0.1, 0.15) is 6.04 Å². The Balaban J connectivity index is 2.52. The first kappa shape index (κ1) is 15.3. The number of carbonyl (C=O) groups is 1. The minimum Gasteiger partial charge on any atom is -0.493 e. The molecule has 0 saturated heterocycles. The van der Waals surface area contributed by atoms with Crippen molar-refractivity contribution < 1.29 is 19.0 Å². The van der Waals surface area contributed by atoms with E-state index in [4.69, 9.17) is 15.2 Å². The van der Waals surface area contributed by atoms with E-state index in [1.807, 2.05) is 18.2 Å². The zero-order valence-electron chi connectivity index (χ0n) is 11.6. The largest absolute Gasteiger partial charge is 0.493 e. The number of hydrogen-bond donors (Lipinski definition) is 1. The lowest BCUT2D eigenvalue weighted by Gasteiger charge is -2.11. The molecule has 1 aromatic carbocycles. The fraction of sp³-hybridized carbons (Fsp3) is 0.500. The monoisotopic (exact) mass is 267 g/mol. The average molecular weight is 267 g/mol. The van der Waals surface area contributed by atoms with Crippen LogP contribution in [-0.4, -0.2) is 33.3 Å². The predicted molar refractivity (Wildman–Crippen MR) is 72.5 cm³/mol. The molecule has 1 aromatic rings. The predicted octanol–water partition coefficient (Wildman–Crippen LogP) is 1.53. The van der Waals surface area contributed by atoms with Crippen LogP contribution >= 0.6 is 0 Å². The Bertz CT molecular complexity index is 420. The molecule has 0 radical (unpaired) electrons. The normalized spacial score (nSPS) is 11.8. The van der Waals surface area contributed by atoms with Gasteiger partial charge in [-0.15, -0.1) is 0 Å². The van der Waals surface area contributed by atoms with Crippen molar-refractivity contribution >= 4 is 5.97 Å². The molecule has 0 aliphatic rings. The highest BCUT2D eigenvalue weighted by Crippen LogP contribution is 2.28. The van der Waals surface area contributed by atoms with E-state index in [2.05, 4.69) is 4.74 Å². The van der Waals surface area contributed by atoms with Gasteiger partial charge in [-0.25, -0.2) is 0 Å². The third-order valence-corrected chi connectivity index (χ3v) is 2.93. The van der Waals surface area contributed by atoms with Gasteiger partial charge in [-0.2, -0.15) is 0 Å². The van der Waals surface area contributed by atoms with Gasteiger partial charge in [0.25, 0.3) is 0 Å². The van der Waals surface area contributed by atoms with Gasteiger partial charge in [0.05, 0.1) is 21.3 Å². The van der Waals surface area contributed by atoms with Crippen molar-refractivity contribution in [1.82, 2.24) is 0 Å². The standard InChI is InChI=1S/C14H21NO4/c1-17-12-8-7-10(9-13(12)18-2)5-4-6-11(15)14(16)19-3/h7-9,11H,4-6,15H2,1-3H3. The second-order valence-electron chi connectivity index (χ2n) is 4.21. The van der Waals surface area contributed by atoms with Crippen LogP contribution in [0, 0.1) is 0 Å². The number of methoxy groups -OCH3 is 3. The lowest BCUT2D eigenvalue weighted by Crippen LogP contribution is -2.31. The molecule has 1 atom stereocenters. The van der Waals surface area contributed by atoms with Crippen molar-refractivity contribution in [3.8, 4) is 11.5 Å². The Hall–Kier alpha value is -1.75. The molecule has 0 amide bonds. The third-order valence-electron chi connectivity index (χ3n) is 2.93. The van der Waals surface area contributed by atoms with E-state index in [-0.39, 0.29) is 5.97 Å². The number of carbonyl (C=O) groups excluding carboxylic acids is 1. The molecule has 0 saturated carbocycles. The summed E-state index contributed by atoms with van der Waals surface area (Å²) in [6.45, 7) is 0. The summed E-state index contributed by atoms with van der Waals surface area (Å²) in [6, 6.07) is 5.23. The van der Waals surface area contributed by atoms with E-state index < -0.39 is 6.04 Å². The maximum absolute atomic E-state index is 11.2. The van der Waals surface area contributed by atoms with Crippen molar-refractivity contribution in [2.24, 2.45) is 5.73 Å². The summed E-state index contributed by atoms with van der Waals surface area (Å²) in [5, 5.41) is 0. The zero-order valence-corrected chi connectivity index (χ0v) is 11.6. The van der Waals surface area contributed by atoms with E-state index in [0.29, 0.717) is 17.9 Å².